The van der Waals surface area contributed by atoms with Crippen molar-refractivity contribution >= 4 is 25.8 Å². The maximum Gasteiger partial charge on any atom is 0.155 e. The van der Waals surface area contributed by atoms with Gasteiger partial charge in [-0.2, -0.15) is 0 Å². The van der Waals surface area contributed by atoms with Crippen LogP contribution in [0.5, 0.6) is 0 Å². The molecule has 1 aromatic carbocycles. The Balaban J connectivity index is 2.95. The summed E-state index contributed by atoms with van der Waals surface area (Å²) in [6.07, 6.45) is 1.75. The fourth-order valence-corrected chi connectivity index (χ4v) is 6.08. The summed E-state index contributed by atoms with van der Waals surface area (Å²) in [5, 5.41) is 0.735. The number of hydrogen-bond acceptors (Lipinski definition) is 2. The largest absolute Gasteiger partial charge is 0.228 e. The van der Waals surface area contributed by atoms with E-state index in [0.717, 1.165) is 34.9 Å². The highest BCUT2D eigenvalue weighted by molar-refractivity contribution is 9.09. The summed E-state index contributed by atoms with van der Waals surface area (Å²) in [5.74, 6) is 0.398. The van der Waals surface area contributed by atoms with Gasteiger partial charge in [0.15, 0.2) is 9.84 Å². The lowest BCUT2D eigenvalue weighted by Crippen LogP contribution is -2.31. The molecule has 0 aliphatic carbocycles. The molecule has 4 heteroatoms. The number of aryl methyl sites for hydroxylation is 2. The zero-order valence-electron chi connectivity index (χ0n) is 12.9. The van der Waals surface area contributed by atoms with E-state index in [-0.39, 0.29) is 16.9 Å². The molecule has 0 radical (unpaired) electrons. The van der Waals surface area contributed by atoms with Crippen LogP contribution in [-0.4, -0.2) is 19.5 Å². The minimum atomic E-state index is -3.09. The first-order valence-electron chi connectivity index (χ1n) is 7.09. The number of halogens is 1. The first-order valence-corrected chi connectivity index (χ1v) is 10.0. The fourth-order valence-electron chi connectivity index (χ4n) is 2.61. The number of benzene rings is 1. The van der Waals surface area contributed by atoms with Gasteiger partial charge in [-0.1, -0.05) is 59.1 Å². The van der Waals surface area contributed by atoms with E-state index in [2.05, 4.69) is 35.8 Å². The minimum absolute atomic E-state index is 0.141. The van der Waals surface area contributed by atoms with Crippen molar-refractivity contribution < 1.29 is 8.42 Å². The smallest absolute Gasteiger partial charge is 0.155 e. The summed E-state index contributed by atoms with van der Waals surface area (Å²) >= 11 is 3.49. The highest BCUT2D eigenvalue weighted by Gasteiger charge is 2.31. The van der Waals surface area contributed by atoms with Gasteiger partial charge in [0.05, 0.1) is 11.5 Å². The number of hydrogen-bond donors (Lipinski definition) is 0. The van der Waals surface area contributed by atoms with Gasteiger partial charge in [0.1, 0.15) is 0 Å². The summed E-state index contributed by atoms with van der Waals surface area (Å²) in [4.78, 5) is 0. The highest BCUT2D eigenvalue weighted by Crippen LogP contribution is 2.31. The van der Waals surface area contributed by atoms with Gasteiger partial charge >= 0.3 is 0 Å². The van der Waals surface area contributed by atoms with Crippen molar-refractivity contribution in [3.63, 3.8) is 0 Å². The predicted octanol–water partition coefficient (Wildman–Crippen LogP) is 4.42. The molecular weight excluding hydrogens is 336 g/mol. The van der Waals surface area contributed by atoms with Crippen LogP contribution in [0.15, 0.2) is 18.2 Å². The Morgan fingerprint density at radius 3 is 1.95 bits per heavy atom. The van der Waals surface area contributed by atoms with Gasteiger partial charge in [0, 0.05) is 5.33 Å². The van der Waals surface area contributed by atoms with Crippen LogP contribution in [0.1, 0.15) is 43.4 Å². The van der Waals surface area contributed by atoms with Gasteiger partial charge in [0.25, 0.3) is 0 Å². The number of alkyl halides is 1. The lowest BCUT2D eigenvalue weighted by Gasteiger charge is -2.29. The molecular formula is C16H25BrO2S. The van der Waals surface area contributed by atoms with Crippen LogP contribution in [-0.2, 0) is 15.6 Å². The Morgan fingerprint density at radius 2 is 1.55 bits per heavy atom. The van der Waals surface area contributed by atoms with Gasteiger partial charge in [-0.15, -0.1) is 0 Å². The average molecular weight is 361 g/mol. The van der Waals surface area contributed by atoms with Gasteiger partial charge in [-0.25, -0.2) is 8.42 Å². The molecule has 0 spiro atoms. The molecule has 0 amide bonds. The first-order chi connectivity index (χ1) is 9.26. The summed E-state index contributed by atoms with van der Waals surface area (Å²) in [6, 6.07) is 6.01. The Labute approximate surface area is 132 Å². The van der Waals surface area contributed by atoms with E-state index in [9.17, 15) is 8.42 Å². The molecule has 0 fully saturated rings. The third-order valence-corrected chi connectivity index (χ3v) is 6.99. The maximum atomic E-state index is 12.5. The summed E-state index contributed by atoms with van der Waals surface area (Å²) in [6.45, 7) is 8.14. The van der Waals surface area contributed by atoms with Gasteiger partial charge in [0.2, 0.25) is 0 Å². The molecule has 0 aliphatic heterocycles. The Bertz CT molecular complexity index is 517. The van der Waals surface area contributed by atoms with Crippen LogP contribution in [0.3, 0.4) is 0 Å². The number of rotatable bonds is 7. The van der Waals surface area contributed by atoms with Crippen LogP contribution < -0.4 is 0 Å². The lowest BCUT2D eigenvalue weighted by molar-refractivity contribution is 0.351. The third kappa shape index (κ3) is 4.88. The summed E-state index contributed by atoms with van der Waals surface area (Å²) in [5.41, 5.74) is 3.00. The van der Waals surface area contributed by atoms with Crippen LogP contribution in [0.4, 0.5) is 0 Å². The molecule has 2 nitrogen and oxygen atoms in total. The molecule has 1 rings (SSSR count). The molecule has 0 bridgehead atoms. The summed E-state index contributed by atoms with van der Waals surface area (Å²) < 4.78 is 25.0. The van der Waals surface area contributed by atoms with Crippen molar-refractivity contribution in [2.24, 2.45) is 5.41 Å². The quantitative estimate of drug-likeness (QED) is 0.674. The highest BCUT2D eigenvalue weighted by atomic mass is 79.9. The molecule has 0 unspecified atom stereocenters. The first kappa shape index (κ1) is 17.7. The van der Waals surface area contributed by atoms with Gasteiger partial charge < -0.3 is 0 Å². The number of sulfone groups is 1. The fraction of sp³-hybridized carbons (Fsp3) is 0.625. The van der Waals surface area contributed by atoms with Crippen LogP contribution in [0.2, 0.25) is 0 Å². The molecule has 0 aliphatic rings. The normalized spacial score (nSPS) is 12.7. The van der Waals surface area contributed by atoms with Gasteiger partial charge in [-0.3, -0.25) is 0 Å². The molecule has 0 heterocycles. The molecule has 0 saturated carbocycles. The van der Waals surface area contributed by atoms with Crippen molar-refractivity contribution in [2.75, 3.05) is 11.1 Å². The second-order valence-corrected chi connectivity index (χ2v) is 8.49. The monoisotopic (exact) mass is 360 g/mol. The SMILES string of the molecule is CCC(CC)(CBr)CS(=O)(=O)Cc1cc(C)cc(C)c1. The topological polar surface area (TPSA) is 34.1 Å². The van der Waals surface area contributed by atoms with Crippen LogP contribution in [0.25, 0.3) is 0 Å². The van der Waals surface area contributed by atoms with E-state index in [0.29, 0.717) is 0 Å². The van der Waals surface area contributed by atoms with Crippen molar-refractivity contribution in [1.29, 1.82) is 0 Å². The second-order valence-electron chi connectivity index (χ2n) is 5.87. The molecule has 0 atom stereocenters. The predicted molar refractivity (Wildman–Crippen MR) is 90.2 cm³/mol. The molecule has 20 heavy (non-hydrogen) atoms. The lowest BCUT2D eigenvalue weighted by atomic mass is 9.87. The zero-order valence-corrected chi connectivity index (χ0v) is 15.3. The van der Waals surface area contributed by atoms with Crippen molar-refractivity contribution in [3.05, 3.63) is 34.9 Å². The van der Waals surface area contributed by atoms with E-state index in [1.165, 1.54) is 0 Å². The van der Waals surface area contributed by atoms with Gasteiger partial charge in [-0.05, 0) is 37.7 Å². The van der Waals surface area contributed by atoms with E-state index in [4.69, 9.17) is 0 Å². The maximum absolute atomic E-state index is 12.5. The second kappa shape index (κ2) is 7.08. The molecule has 0 N–H and O–H groups in total. The van der Waals surface area contributed by atoms with Crippen LogP contribution >= 0.6 is 15.9 Å². The van der Waals surface area contributed by atoms with E-state index >= 15 is 0 Å². The Morgan fingerprint density at radius 1 is 1.05 bits per heavy atom. The van der Waals surface area contributed by atoms with Crippen molar-refractivity contribution in [1.82, 2.24) is 0 Å². The average Bonchev–Trinajstić information content (AvgIpc) is 2.34. The van der Waals surface area contributed by atoms with E-state index < -0.39 is 9.84 Å². The Hall–Kier alpha value is -0.350. The van der Waals surface area contributed by atoms with Crippen molar-refractivity contribution in [2.45, 2.75) is 46.3 Å². The minimum Gasteiger partial charge on any atom is -0.228 e. The molecule has 0 saturated heterocycles. The third-order valence-electron chi connectivity index (χ3n) is 3.98. The standard InChI is InChI=1S/C16H25BrO2S/c1-5-16(6-2,11-17)12-20(18,19)10-15-8-13(3)7-14(4)9-15/h7-9H,5-6,10-12H2,1-4H3. The molecule has 114 valence electrons. The van der Waals surface area contributed by atoms with Crippen molar-refractivity contribution in [3.8, 4) is 0 Å². The van der Waals surface area contributed by atoms with E-state index in [1.54, 1.807) is 0 Å². The molecule has 1 aromatic rings. The van der Waals surface area contributed by atoms with E-state index in [1.807, 2.05) is 26.0 Å². The molecule has 0 aromatic heterocycles. The van der Waals surface area contributed by atoms with Crippen LogP contribution in [0, 0.1) is 19.3 Å². The zero-order chi connectivity index (χ0) is 15.4. The summed E-state index contributed by atoms with van der Waals surface area (Å²) in [7, 11) is -3.09. The Kier molecular flexibility index (Phi) is 6.26.